The van der Waals surface area contributed by atoms with E-state index in [2.05, 4.69) is 9.97 Å². The summed E-state index contributed by atoms with van der Waals surface area (Å²) in [6, 6.07) is 14.5. The molecule has 4 heteroatoms. The molecule has 0 N–H and O–H groups in total. The van der Waals surface area contributed by atoms with E-state index in [1.807, 2.05) is 30.3 Å². The second-order valence-corrected chi connectivity index (χ2v) is 4.29. The molecule has 0 amide bonds. The zero-order valence-corrected chi connectivity index (χ0v) is 9.83. The van der Waals surface area contributed by atoms with Gasteiger partial charge in [-0.05, 0) is 24.3 Å². The minimum Gasteiger partial charge on any atom is -0.436 e. The molecule has 2 aromatic carbocycles. The van der Waals surface area contributed by atoms with Crippen LogP contribution in [0.1, 0.15) is 0 Å². The van der Waals surface area contributed by atoms with E-state index in [1.165, 1.54) is 0 Å². The Hall–Kier alpha value is -2.75. The van der Waals surface area contributed by atoms with Crippen molar-refractivity contribution in [1.29, 1.82) is 0 Å². The van der Waals surface area contributed by atoms with Crippen molar-refractivity contribution in [3.63, 3.8) is 0 Å². The van der Waals surface area contributed by atoms with Gasteiger partial charge in [-0.3, -0.25) is 4.79 Å². The van der Waals surface area contributed by atoms with Crippen LogP contribution in [0.3, 0.4) is 0 Å². The maximum Gasteiger partial charge on any atom is 0.250 e. The van der Waals surface area contributed by atoms with E-state index in [1.54, 1.807) is 18.2 Å². The van der Waals surface area contributed by atoms with Crippen LogP contribution in [0, 0.1) is 0 Å². The van der Waals surface area contributed by atoms with Crippen molar-refractivity contribution in [2.45, 2.75) is 0 Å². The second-order valence-electron chi connectivity index (χ2n) is 4.29. The number of fused-ring (bicyclic) bond motifs is 3. The summed E-state index contributed by atoms with van der Waals surface area (Å²) in [5, 5.41) is 0.527. The summed E-state index contributed by atoms with van der Waals surface area (Å²) in [6.45, 7) is 0. The van der Waals surface area contributed by atoms with Gasteiger partial charge in [0.15, 0.2) is 5.52 Å². The maximum atomic E-state index is 12.4. The lowest BCUT2D eigenvalue weighted by Crippen LogP contribution is -2.05. The maximum absolute atomic E-state index is 12.4. The lowest BCUT2D eigenvalue weighted by molar-refractivity contribution is 0.645. The third-order valence-corrected chi connectivity index (χ3v) is 3.09. The second kappa shape index (κ2) is 3.62. The van der Waals surface area contributed by atoms with Crippen LogP contribution in [0.15, 0.2) is 57.7 Å². The standard InChI is InChI=1S/C15H8N2O2/c18-14-9-5-1-4-8-12(9)19-15-13(14)16-10-6-2-3-7-11(10)17-15/h1-8H. The average Bonchev–Trinajstić information content (AvgIpc) is 2.46. The summed E-state index contributed by atoms with van der Waals surface area (Å²) in [4.78, 5) is 21.1. The van der Waals surface area contributed by atoms with Crippen molar-refractivity contribution in [3.8, 4) is 0 Å². The molecule has 4 rings (SSSR count). The van der Waals surface area contributed by atoms with Crippen LogP contribution in [0.25, 0.3) is 33.2 Å². The van der Waals surface area contributed by atoms with Gasteiger partial charge < -0.3 is 4.42 Å². The van der Waals surface area contributed by atoms with Crippen LogP contribution in [0.2, 0.25) is 0 Å². The van der Waals surface area contributed by atoms with Gasteiger partial charge in [0.1, 0.15) is 5.58 Å². The zero-order chi connectivity index (χ0) is 12.8. The van der Waals surface area contributed by atoms with Crippen molar-refractivity contribution in [3.05, 3.63) is 58.8 Å². The molecule has 0 bridgehead atoms. The molecule has 0 aliphatic rings. The minimum atomic E-state index is -0.143. The first-order valence-electron chi connectivity index (χ1n) is 5.91. The van der Waals surface area contributed by atoms with Gasteiger partial charge in [0.2, 0.25) is 11.1 Å². The van der Waals surface area contributed by atoms with Crippen LogP contribution in [0.5, 0.6) is 0 Å². The van der Waals surface area contributed by atoms with Gasteiger partial charge in [0.05, 0.1) is 16.4 Å². The first kappa shape index (κ1) is 10.2. The third-order valence-electron chi connectivity index (χ3n) is 3.09. The molecule has 90 valence electrons. The number of rotatable bonds is 0. The highest BCUT2D eigenvalue weighted by Crippen LogP contribution is 2.18. The Morgan fingerprint density at radius 2 is 1.53 bits per heavy atom. The Balaban J connectivity index is 2.29. The SMILES string of the molecule is O=c1c2ccccc2oc2nc3ccccc3nc12. The summed E-state index contributed by atoms with van der Waals surface area (Å²) in [5.41, 5.74) is 2.35. The summed E-state index contributed by atoms with van der Waals surface area (Å²) in [6.07, 6.45) is 0. The first-order chi connectivity index (χ1) is 9.33. The van der Waals surface area contributed by atoms with Crippen molar-refractivity contribution >= 4 is 33.2 Å². The fourth-order valence-corrected chi connectivity index (χ4v) is 2.18. The molecule has 0 fully saturated rings. The Bertz CT molecular complexity index is 984. The number of hydrogen-bond acceptors (Lipinski definition) is 4. The van der Waals surface area contributed by atoms with E-state index in [-0.39, 0.29) is 16.7 Å². The Morgan fingerprint density at radius 3 is 2.37 bits per heavy atom. The topological polar surface area (TPSA) is 56.0 Å². The van der Waals surface area contributed by atoms with Crippen molar-refractivity contribution in [2.24, 2.45) is 0 Å². The summed E-state index contributed by atoms with van der Waals surface area (Å²) < 4.78 is 5.66. The number of para-hydroxylation sites is 3. The van der Waals surface area contributed by atoms with Gasteiger partial charge in [0.25, 0.3) is 0 Å². The van der Waals surface area contributed by atoms with Crippen LogP contribution in [-0.4, -0.2) is 9.97 Å². The molecule has 0 spiro atoms. The Labute approximate surface area is 107 Å². The van der Waals surface area contributed by atoms with E-state index in [9.17, 15) is 4.79 Å². The van der Waals surface area contributed by atoms with E-state index in [0.717, 1.165) is 0 Å². The quantitative estimate of drug-likeness (QED) is 0.449. The normalized spacial score (nSPS) is 11.4. The summed E-state index contributed by atoms with van der Waals surface area (Å²) in [7, 11) is 0. The van der Waals surface area contributed by atoms with E-state index in [4.69, 9.17) is 4.42 Å². The molecule has 4 aromatic rings. The number of hydrogen-bond donors (Lipinski definition) is 0. The predicted molar refractivity (Wildman–Crippen MR) is 73.1 cm³/mol. The first-order valence-corrected chi connectivity index (χ1v) is 5.91. The highest BCUT2D eigenvalue weighted by Gasteiger charge is 2.10. The van der Waals surface area contributed by atoms with Crippen LogP contribution in [0.4, 0.5) is 0 Å². The average molecular weight is 248 g/mol. The molecule has 0 saturated carbocycles. The molecule has 0 radical (unpaired) electrons. The molecule has 0 aliphatic carbocycles. The van der Waals surface area contributed by atoms with Gasteiger partial charge in [0, 0.05) is 0 Å². The lowest BCUT2D eigenvalue weighted by atomic mass is 10.2. The molecule has 0 atom stereocenters. The van der Waals surface area contributed by atoms with Gasteiger partial charge >= 0.3 is 0 Å². The Kier molecular flexibility index (Phi) is 1.94. The number of nitrogens with zero attached hydrogens (tertiary/aromatic N) is 2. The molecule has 4 nitrogen and oxygen atoms in total. The van der Waals surface area contributed by atoms with Gasteiger partial charge in [-0.15, -0.1) is 0 Å². The number of benzene rings is 2. The molecule has 0 aliphatic heterocycles. The van der Waals surface area contributed by atoms with Crippen molar-refractivity contribution in [1.82, 2.24) is 9.97 Å². The molecule has 2 heterocycles. The van der Waals surface area contributed by atoms with Crippen molar-refractivity contribution < 1.29 is 4.42 Å². The monoisotopic (exact) mass is 248 g/mol. The third kappa shape index (κ3) is 1.43. The van der Waals surface area contributed by atoms with E-state index in [0.29, 0.717) is 22.0 Å². The zero-order valence-electron chi connectivity index (χ0n) is 9.83. The van der Waals surface area contributed by atoms with Crippen LogP contribution >= 0.6 is 0 Å². The van der Waals surface area contributed by atoms with E-state index >= 15 is 0 Å². The molecule has 19 heavy (non-hydrogen) atoms. The van der Waals surface area contributed by atoms with Crippen molar-refractivity contribution in [2.75, 3.05) is 0 Å². The fourth-order valence-electron chi connectivity index (χ4n) is 2.18. The van der Waals surface area contributed by atoms with E-state index < -0.39 is 0 Å². The molecule has 0 saturated heterocycles. The Morgan fingerprint density at radius 1 is 0.842 bits per heavy atom. The molecular formula is C15H8N2O2. The summed E-state index contributed by atoms with van der Waals surface area (Å²) >= 11 is 0. The smallest absolute Gasteiger partial charge is 0.250 e. The summed E-state index contributed by atoms with van der Waals surface area (Å²) in [5.74, 6) is 0. The van der Waals surface area contributed by atoms with Gasteiger partial charge in [-0.25, -0.2) is 9.97 Å². The molecule has 0 unspecified atom stereocenters. The van der Waals surface area contributed by atoms with Crippen LogP contribution in [-0.2, 0) is 0 Å². The number of aromatic nitrogens is 2. The molecular weight excluding hydrogens is 240 g/mol. The largest absolute Gasteiger partial charge is 0.436 e. The molecule has 2 aromatic heterocycles. The highest BCUT2D eigenvalue weighted by molar-refractivity contribution is 5.90. The highest BCUT2D eigenvalue weighted by atomic mass is 16.3. The van der Waals surface area contributed by atoms with Gasteiger partial charge in [-0.2, -0.15) is 0 Å². The predicted octanol–water partition coefficient (Wildman–Crippen LogP) is 2.89. The minimum absolute atomic E-state index is 0.143. The fraction of sp³-hybridized carbons (Fsp3) is 0. The van der Waals surface area contributed by atoms with Crippen LogP contribution < -0.4 is 5.43 Å². The lowest BCUT2D eigenvalue weighted by Gasteiger charge is -2.01. The van der Waals surface area contributed by atoms with Gasteiger partial charge in [-0.1, -0.05) is 24.3 Å².